The maximum Gasteiger partial charge on any atom is 0.253 e. The highest BCUT2D eigenvalue weighted by molar-refractivity contribution is 6.08. The highest BCUT2D eigenvalue weighted by Gasteiger charge is 2.13. The van der Waals surface area contributed by atoms with Gasteiger partial charge in [-0.25, -0.2) is 0 Å². The second-order valence-corrected chi connectivity index (χ2v) is 4.31. The maximum absolute atomic E-state index is 11.5. The predicted octanol–water partition coefficient (Wildman–Crippen LogP) is 2.90. The van der Waals surface area contributed by atoms with Gasteiger partial charge in [-0.15, -0.1) is 0 Å². The van der Waals surface area contributed by atoms with Gasteiger partial charge in [0.05, 0.1) is 12.7 Å². The highest BCUT2D eigenvalue weighted by Crippen LogP contribution is 2.28. The van der Waals surface area contributed by atoms with Gasteiger partial charge in [0, 0.05) is 0 Å². The van der Waals surface area contributed by atoms with Crippen molar-refractivity contribution in [1.82, 2.24) is 0 Å². The Morgan fingerprint density at radius 1 is 1.28 bits per heavy atom. The Labute approximate surface area is 107 Å². The predicted molar refractivity (Wildman–Crippen MR) is 73.0 cm³/mol. The molecule has 0 saturated carbocycles. The summed E-state index contributed by atoms with van der Waals surface area (Å²) in [7, 11) is 1.54. The van der Waals surface area contributed by atoms with Gasteiger partial charge < -0.3 is 10.5 Å². The van der Waals surface area contributed by atoms with Crippen molar-refractivity contribution in [2.75, 3.05) is 7.11 Å². The van der Waals surface area contributed by atoms with Crippen LogP contribution in [-0.4, -0.2) is 13.0 Å². The summed E-state index contributed by atoms with van der Waals surface area (Å²) in [4.78, 5) is 11.5. The molecule has 0 aliphatic rings. The van der Waals surface area contributed by atoms with Crippen molar-refractivity contribution in [2.45, 2.75) is 19.8 Å². The lowest BCUT2D eigenvalue weighted by Gasteiger charge is -2.10. The summed E-state index contributed by atoms with van der Waals surface area (Å²) in [6, 6.07) is 9.84. The van der Waals surface area contributed by atoms with Crippen molar-refractivity contribution in [3.05, 3.63) is 41.5 Å². The smallest absolute Gasteiger partial charge is 0.253 e. The Morgan fingerprint density at radius 3 is 2.67 bits per heavy atom. The second kappa shape index (κ2) is 5.08. The van der Waals surface area contributed by atoms with Crippen molar-refractivity contribution < 1.29 is 9.53 Å². The van der Waals surface area contributed by atoms with E-state index in [9.17, 15) is 4.79 Å². The molecule has 2 N–H and O–H groups in total. The molecule has 0 aliphatic heterocycles. The third kappa shape index (κ3) is 2.16. The van der Waals surface area contributed by atoms with Gasteiger partial charge >= 0.3 is 0 Å². The van der Waals surface area contributed by atoms with Crippen LogP contribution < -0.4 is 10.5 Å². The molecule has 94 valence electrons. The van der Waals surface area contributed by atoms with E-state index in [-0.39, 0.29) is 0 Å². The molecule has 2 rings (SSSR count). The number of ether oxygens (including phenoxy) is 1. The van der Waals surface area contributed by atoms with Gasteiger partial charge in [-0.1, -0.05) is 37.6 Å². The van der Waals surface area contributed by atoms with E-state index in [0.717, 1.165) is 23.6 Å². The minimum absolute atomic E-state index is 0.457. The molecular weight excluding hydrogens is 226 g/mol. The van der Waals surface area contributed by atoms with Crippen LogP contribution in [-0.2, 0) is 6.42 Å². The molecular formula is C15H17NO2. The summed E-state index contributed by atoms with van der Waals surface area (Å²) in [5, 5.41) is 1.87. The Kier molecular flexibility index (Phi) is 3.51. The molecule has 0 unspecified atom stereocenters. The number of carbonyl (C=O) groups excluding carboxylic acids is 1. The second-order valence-electron chi connectivity index (χ2n) is 4.31. The number of methoxy groups -OCH3 is 1. The van der Waals surface area contributed by atoms with Gasteiger partial charge in [-0.3, -0.25) is 4.79 Å². The van der Waals surface area contributed by atoms with E-state index in [1.165, 1.54) is 5.56 Å². The quantitative estimate of drug-likeness (QED) is 0.897. The Balaban J connectivity index is 2.66. The molecule has 0 spiro atoms. The van der Waals surface area contributed by atoms with Crippen LogP contribution >= 0.6 is 0 Å². The van der Waals surface area contributed by atoms with E-state index in [2.05, 4.69) is 13.0 Å². The molecule has 1 amide bonds. The Bertz CT molecular complexity index is 590. The van der Waals surface area contributed by atoms with E-state index in [1.54, 1.807) is 13.2 Å². The monoisotopic (exact) mass is 243 g/mol. The number of carbonyl (C=O) groups is 1. The van der Waals surface area contributed by atoms with E-state index in [4.69, 9.17) is 10.5 Å². The van der Waals surface area contributed by atoms with E-state index >= 15 is 0 Å². The third-order valence-corrected chi connectivity index (χ3v) is 3.05. The lowest BCUT2D eigenvalue weighted by Crippen LogP contribution is -2.13. The van der Waals surface area contributed by atoms with Crippen LogP contribution in [0.15, 0.2) is 30.3 Å². The summed E-state index contributed by atoms with van der Waals surface area (Å²) in [6.45, 7) is 2.15. The topological polar surface area (TPSA) is 52.3 Å². The minimum atomic E-state index is -0.458. The Morgan fingerprint density at radius 2 is 2.06 bits per heavy atom. The number of hydrogen-bond acceptors (Lipinski definition) is 2. The van der Waals surface area contributed by atoms with Crippen LogP contribution in [0, 0.1) is 0 Å². The lowest BCUT2D eigenvalue weighted by molar-refractivity contribution is 0.0999. The zero-order valence-corrected chi connectivity index (χ0v) is 10.7. The SMILES string of the molecule is CCCc1ccc2c(C(N)=O)c(OC)ccc2c1. The summed E-state index contributed by atoms with van der Waals surface area (Å²) in [6.07, 6.45) is 2.14. The van der Waals surface area contributed by atoms with Gasteiger partial charge in [0.1, 0.15) is 5.75 Å². The molecule has 0 atom stereocenters. The normalized spacial score (nSPS) is 10.6. The number of benzene rings is 2. The molecule has 0 radical (unpaired) electrons. The first kappa shape index (κ1) is 12.4. The minimum Gasteiger partial charge on any atom is -0.496 e. The fourth-order valence-electron chi connectivity index (χ4n) is 2.23. The number of fused-ring (bicyclic) bond motifs is 1. The molecule has 18 heavy (non-hydrogen) atoms. The third-order valence-electron chi connectivity index (χ3n) is 3.05. The zero-order valence-electron chi connectivity index (χ0n) is 10.7. The van der Waals surface area contributed by atoms with Crippen molar-refractivity contribution in [2.24, 2.45) is 5.73 Å². The van der Waals surface area contributed by atoms with Gasteiger partial charge in [-0.05, 0) is 28.8 Å². The first-order valence-electron chi connectivity index (χ1n) is 6.06. The van der Waals surface area contributed by atoms with Crippen LogP contribution in [0.1, 0.15) is 29.3 Å². The van der Waals surface area contributed by atoms with Crippen LogP contribution in [0.2, 0.25) is 0 Å². The summed E-state index contributed by atoms with van der Waals surface area (Å²) in [5.74, 6) is 0.0685. The molecule has 0 aromatic heterocycles. The Hall–Kier alpha value is -2.03. The molecule has 0 fully saturated rings. The van der Waals surface area contributed by atoms with Gasteiger partial charge in [0.15, 0.2) is 0 Å². The summed E-state index contributed by atoms with van der Waals surface area (Å²) < 4.78 is 5.19. The van der Waals surface area contributed by atoms with Crippen LogP contribution in [0.4, 0.5) is 0 Å². The standard InChI is InChI=1S/C15H17NO2/c1-3-4-10-5-7-12-11(9-10)6-8-13(18-2)14(12)15(16)17/h5-9H,3-4H2,1-2H3,(H2,16,17). The van der Waals surface area contributed by atoms with Crippen LogP contribution in [0.25, 0.3) is 10.8 Å². The average Bonchev–Trinajstić information content (AvgIpc) is 2.37. The summed E-state index contributed by atoms with van der Waals surface area (Å²) in [5.41, 5.74) is 7.16. The number of rotatable bonds is 4. The highest BCUT2D eigenvalue weighted by atomic mass is 16.5. The first-order valence-corrected chi connectivity index (χ1v) is 6.06. The molecule has 3 nitrogen and oxygen atoms in total. The fraction of sp³-hybridized carbons (Fsp3) is 0.267. The van der Waals surface area contributed by atoms with Gasteiger partial charge in [0.2, 0.25) is 0 Å². The van der Waals surface area contributed by atoms with Crippen LogP contribution in [0.3, 0.4) is 0 Å². The van der Waals surface area contributed by atoms with Crippen molar-refractivity contribution in [3.8, 4) is 5.75 Å². The molecule has 3 heteroatoms. The average molecular weight is 243 g/mol. The van der Waals surface area contributed by atoms with E-state index in [1.807, 2.05) is 18.2 Å². The van der Waals surface area contributed by atoms with Crippen molar-refractivity contribution in [1.29, 1.82) is 0 Å². The molecule has 0 heterocycles. The summed E-state index contributed by atoms with van der Waals surface area (Å²) >= 11 is 0. The van der Waals surface area contributed by atoms with Gasteiger partial charge in [-0.2, -0.15) is 0 Å². The lowest BCUT2D eigenvalue weighted by atomic mass is 9.99. The van der Waals surface area contributed by atoms with Crippen LogP contribution in [0.5, 0.6) is 5.75 Å². The number of aryl methyl sites for hydroxylation is 1. The number of amides is 1. The zero-order chi connectivity index (χ0) is 13.1. The van der Waals surface area contributed by atoms with Crippen molar-refractivity contribution >= 4 is 16.7 Å². The number of hydrogen-bond donors (Lipinski definition) is 1. The van der Waals surface area contributed by atoms with E-state index in [0.29, 0.717) is 11.3 Å². The first-order chi connectivity index (χ1) is 8.67. The molecule has 2 aromatic rings. The molecule has 0 bridgehead atoms. The molecule has 2 aromatic carbocycles. The molecule has 0 saturated heterocycles. The largest absolute Gasteiger partial charge is 0.496 e. The molecule has 0 aliphatic carbocycles. The van der Waals surface area contributed by atoms with Gasteiger partial charge in [0.25, 0.3) is 5.91 Å². The fourth-order valence-corrected chi connectivity index (χ4v) is 2.23. The van der Waals surface area contributed by atoms with E-state index < -0.39 is 5.91 Å². The van der Waals surface area contributed by atoms with Crippen molar-refractivity contribution in [3.63, 3.8) is 0 Å². The number of primary amides is 1. The number of nitrogens with two attached hydrogens (primary N) is 1. The maximum atomic E-state index is 11.5.